The van der Waals surface area contributed by atoms with Gasteiger partial charge in [0.05, 0.1) is 12.7 Å². The average molecular weight is 354 g/mol. The zero-order chi connectivity index (χ0) is 15.4. The molecule has 0 unspecified atom stereocenters. The first-order chi connectivity index (χ1) is 10.0. The second kappa shape index (κ2) is 7.41. The minimum atomic E-state index is 0.170. The third-order valence-electron chi connectivity index (χ3n) is 4.05. The molecule has 21 heavy (non-hydrogen) atoms. The van der Waals surface area contributed by atoms with E-state index in [9.17, 15) is 4.79 Å². The lowest BCUT2D eigenvalue weighted by molar-refractivity contribution is 0.0159. The van der Waals surface area contributed by atoms with E-state index in [1.807, 2.05) is 18.7 Å². The molecule has 1 aliphatic rings. The number of likely N-dealkylation sites (tertiary alicyclic amines) is 1. The van der Waals surface area contributed by atoms with E-state index in [4.69, 9.17) is 4.74 Å². The third-order valence-corrected chi connectivity index (χ3v) is 4.37. The van der Waals surface area contributed by atoms with Crippen LogP contribution in [0.2, 0.25) is 0 Å². The highest BCUT2D eigenvalue weighted by atomic mass is 79.9. The number of nitrogens with zero attached hydrogens (tertiary/aromatic N) is 1. The summed E-state index contributed by atoms with van der Waals surface area (Å²) in [5.41, 5.74) is 4.24. The summed E-state index contributed by atoms with van der Waals surface area (Å²) < 4.78 is 5.74. The van der Waals surface area contributed by atoms with Gasteiger partial charge in [-0.25, -0.2) is 0 Å². The van der Waals surface area contributed by atoms with Crippen LogP contribution in [0.4, 0.5) is 0 Å². The highest BCUT2D eigenvalue weighted by Crippen LogP contribution is 2.21. The molecule has 116 valence electrons. The van der Waals surface area contributed by atoms with Crippen molar-refractivity contribution in [1.29, 1.82) is 0 Å². The molecule has 0 N–H and O–H groups in total. The number of hydrogen-bond donors (Lipinski definition) is 0. The van der Waals surface area contributed by atoms with Crippen LogP contribution in [0.25, 0.3) is 0 Å². The van der Waals surface area contributed by atoms with Gasteiger partial charge in [-0.1, -0.05) is 33.6 Å². The highest BCUT2D eigenvalue weighted by molar-refractivity contribution is 9.09. The maximum atomic E-state index is 12.8. The van der Waals surface area contributed by atoms with E-state index in [2.05, 4.69) is 35.0 Å². The molecule has 0 spiro atoms. The van der Waals surface area contributed by atoms with Crippen molar-refractivity contribution in [3.8, 4) is 0 Å². The fraction of sp³-hybridized carbons (Fsp3) is 0.588. The molecule has 1 heterocycles. The van der Waals surface area contributed by atoms with E-state index in [-0.39, 0.29) is 5.91 Å². The van der Waals surface area contributed by atoms with Crippen molar-refractivity contribution in [1.82, 2.24) is 4.90 Å². The summed E-state index contributed by atoms with van der Waals surface area (Å²) in [6.07, 6.45) is 2.16. The largest absolute Gasteiger partial charge is 0.377 e. The van der Waals surface area contributed by atoms with Crippen LogP contribution in [-0.4, -0.2) is 41.9 Å². The first-order valence-corrected chi connectivity index (χ1v) is 8.69. The van der Waals surface area contributed by atoms with Gasteiger partial charge in [-0.2, -0.15) is 0 Å². The predicted octanol–water partition coefficient (Wildman–Crippen LogP) is 3.63. The van der Waals surface area contributed by atoms with Gasteiger partial charge in [0.1, 0.15) is 0 Å². The monoisotopic (exact) mass is 353 g/mol. The summed E-state index contributed by atoms with van der Waals surface area (Å²) in [6, 6.07) is 4.18. The van der Waals surface area contributed by atoms with Crippen molar-refractivity contribution >= 4 is 21.8 Å². The van der Waals surface area contributed by atoms with Crippen LogP contribution < -0.4 is 0 Å². The van der Waals surface area contributed by atoms with Crippen molar-refractivity contribution in [3.05, 3.63) is 34.4 Å². The molecule has 0 bridgehead atoms. The summed E-state index contributed by atoms with van der Waals surface area (Å²) >= 11 is 3.37. The number of carbonyl (C=O) groups excluding carboxylic acids is 1. The number of rotatable bonds is 4. The number of alkyl halides is 1. The molecular formula is C17H24BrNO2. The number of aryl methyl sites for hydroxylation is 3. The molecule has 0 aromatic heterocycles. The van der Waals surface area contributed by atoms with Crippen LogP contribution in [0.15, 0.2) is 12.1 Å². The van der Waals surface area contributed by atoms with Gasteiger partial charge in [-0.15, -0.1) is 0 Å². The average Bonchev–Trinajstić information content (AvgIpc) is 2.44. The summed E-state index contributed by atoms with van der Waals surface area (Å²) in [4.78, 5) is 14.7. The van der Waals surface area contributed by atoms with Gasteiger partial charge in [0.2, 0.25) is 0 Å². The minimum absolute atomic E-state index is 0.170. The third kappa shape index (κ3) is 4.07. The number of ether oxygens (including phenoxy) is 1. The molecule has 0 saturated carbocycles. The maximum Gasteiger partial charge on any atom is 0.254 e. The van der Waals surface area contributed by atoms with Crippen molar-refractivity contribution < 1.29 is 9.53 Å². The molecule has 0 aliphatic carbocycles. The molecule has 1 aliphatic heterocycles. The summed E-state index contributed by atoms with van der Waals surface area (Å²) in [5.74, 6) is 0.170. The fourth-order valence-electron chi connectivity index (χ4n) is 3.11. The van der Waals surface area contributed by atoms with Gasteiger partial charge in [0.25, 0.3) is 5.91 Å². The van der Waals surface area contributed by atoms with Gasteiger partial charge in [-0.05, 0) is 44.7 Å². The number of hydrogen-bond acceptors (Lipinski definition) is 2. The Bertz CT molecular complexity index is 485. The zero-order valence-corrected chi connectivity index (χ0v) is 14.7. The fourth-order valence-corrected chi connectivity index (χ4v) is 3.30. The van der Waals surface area contributed by atoms with Crippen molar-refractivity contribution in [2.45, 2.75) is 39.7 Å². The Morgan fingerprint density at radius 2 is 1.81 bits per heavy atom. The molecule has 1 fully saturated rings. The Morgan fingerprint density at radius 1 is 1.24 bits per heavy atom. The molecular weight excluding hydrogens is 330 g/mol. The molecule has 1 aromatic rings. The summed E-state index contributed by atoms with van der Waals surface area (Å²) in [7, 11) is 0. The Kier molecular flexibility index (Phi) is 5.82. The maximum absolute atomic E-state index is 12.8. The van der Waals surface area contributed by atoms with Crippen molar-refractivity contribution in [2.24, 2.45) is 0 Å². The Labute approximate surface area is 135 Å². The number of piperidine rings is 1. The molecule has 0 atom stereocenters. The van der Waals surface area contributed by atoms with Crippen LogP contribution in [0.5, 0.6) is 0 Å². The van der Waals surface area contributed by atoms with E-state index in [1.165, 1.54) is 5.56 Å². The van der Waals surface area contributed by atoms with E-state index in [1.54, 1.807) is 0 Å². The quantitative estimate of drug-likeness (QED) is 0.773. The Balaban J connectivity index is 2.02. The lowest BCUT2D eigenvalue weighted by Gasteiger charge is -2.32. The number of halogens is 1. The number of amides is 1. The SMILES string of the molecule is Cc1cc(C)c(C(=O)N2CCC(OCCBr)CC2)c(C)c1. The Morgan fingerprint density at radius 3 is 2.33 bits per heavy atom. The first-order valence-electron chi connectivity index (χ1n) is 7.57. The van der Waals surface area contributed by atoms with Gasteiger partial charge in [-0.3, -0.25) is 4.79 Å². The molecule has 3 nitrogen and oxygen atoms in total. The van der Waals surface area contributed by atoms with Gasteiger partial charge in [0.15, 0.2) is 0 Å². The number of benzene rings is 1. The van der Waals surface area contributed by atoms with Gasteiger partial charge < -0.3 is 9.64 Å². The highest BCUT2D eigenvalue weighted by Gasteiger charge is 2.25. The Hall–Kier alpha value is -0.870. The van der Waals surface area contributed by atoms with Crippen LogP contribution in [0.3, 0.4) is 0 Å². The molecule has 1 saturated heterocycles. The standard InChI is InChI=1S/C17H24BrNO2/c1-12-10-13(2)16(14(3)11-12)17(20)19-7-4-15(5-8-19)21-9-6-18/h10-11,15H,4-9H2,1-3H3. The lowest BCUT2D eigenvalue weighted by Crippen LogP contribution is -2.41. The van der Waals surface area contributed by atoms with Crippen LogP contribution in [0, 0.1) is 20.8 Å². The zero-order valence-electron chi connectivity index (χ0n) is 13.1. The second-order valence-electron chi connectivity index (χ2n) is 5.83. The predicted molar refractivity (Wildman–Crippen MR) is 89.3 cm³/mol. The van der Waals surface area contributed by atoms with Crippen LogP contribution >= 0.6 is 15.9 Å². The van der Waals surface area contributed by atoms with E-state index in [0.29, 0.717) is 6.10 Å². The van der Waals surface area contributed by atoms with Crippen LogP contribution in [0.1, 0.15) is 39.9 Å². The number of carbonyl (C=O) groups is 1. The molecule has 0 radical (unpaired) electrons. The second-order valence-corrected chi connectivity index (χ2v) is 6.62. The topological polar surface area (TPSA) is 29.5 Å². The molecule has 4 heteroatoms. The lowest BCUT2D eigenvalue weighted by atomic mass is 9.97. The normalized spacial score (nSPS) is 16.3. The smallest absolute Gasteiger partial charge is 0.254 e. The van der Waals surface area contributed by atoms with E-state index in [0.717, 1.165) is 54.6 Å². The van der Waals surface area contributed by atoms with Gasteiger partial charge >= 0.3 is 0 Å². The van der Waals surface area contributed by atoms with Crippen LogP contribution in [-0.2, 0) is 4.74 Å². The molecule has 2 rings (SSSR count). The van der Waals surface area contributed by atoms with E-state index >= 15 is 0 Å². The van der Waals surface area contributed by atoms with Gasteiger partial charge in [0, 0.05) is 24.0 Å². The summed E-state index contributed by atoms with van der Waals surface area (Å²) in [5, 5.41) is 0.869. The summed E-state index contributed by atoms with van der Waals surface area (Å²) in [6.45, 7) is 8.45. The minimum Gasteiger partial charge on any atom is -0.377 e. The van der Waals surface area contributed by atoms with Crippen molar-refractivity contribution in [2.75, 3.05) is 25.0 Å². The first kappa shape index (κ1) is 16.5. The molecule has 1 aromatic carbocycles. The van der Waals surface area contributed by atoms with Crippen molar-refractivity contribution in [3.63, 3.8) is 0 Å². The van der Waals surface area contributed by atoms with E-state index < -0.39 is 0 Å². The molecule has 1 amide bonds.